The molecule has 3 rings (SSSR count). The van der Waals surface area contributed by atoms with Gasteiger partial charge in [0.25, 0.3) is 0 Å². The Hall–Kier alpha value is -2.78. The Kier molecular flexibility index (Phi) is 5.05. The lowest BCUT2D eigenvalue weighted by Crippen LogP contribution is -2.04. The number of hydrogen-bond donors (Lipinski definition) is 1. The molecule has 0 fully saturated rings. The lowest BCUT2D eigenvalue weighted by molar-refractivity contribution is 0.103. The molecule has 0 unspecified atom stereocenters. The number of carbonyl (C=O) groups is 1. The van der Waals surface area contributed by atoms with Crippen molar-refractivity contribution < 1.29 is 9.53 Å². The lowest BCUT2D eigenvalue weighted by atomic mass is 9.99. The van der Waals surface area contributed by atoms with Crippen LogP contribution in [0.2, 0.25) is 5.02 Å². The summed E-state index contributed by atoms with van der Waals surface area (Å²) in [5.74, 6) is 0.693. The molecule has 0 bridgehead atoms. The second-order valence-electron chi connectivity index (χ2n) is 5.70. The molecule has 25 heavy (non-hydrogen) atoms. The van der Waals surface area contributed by atoms with Crippen molar-refractivity contribution in [2.45, 2.75) is 6.92 Å². The number of anilines is 2. The van der Waals surface area contributed by atoms with E-state index >= 15 is 0 Å². The van der Waals surface area contributed by atoms with Crippen LogP contribution < -0.4 is 10.1 Å². The third-order valence-electron chi connectivity index (χ3n) is 3.96. The third-order valence-corrected chi connectivity index (χ3v) is 4.27. The fourth-order valence-corrected chi connectivity index (χ4v) is 2.88. The smallest absolute Gasteiger partial charge is 0.194 e. The Morgan fingerprint density at radius 2 is 1.68 bits per heavy atom. The highest BCUT2D eigenvalue weighted by atomic mass is 35.5. The number of carbonyl (C=O) groups excluding carboxylic acids is 1. The predicted octanol–water partition coefficient (Wildman–Crippen LogP) is 5.63. The zero-order valence-electron chi connectivity index (χ0n) is 14.0. The number of ketones is 1. The van der Waals surface area contributed by atoms with Gasteiger partial charge < -0.3 is 10.1 Å². The molecule has 1 N–H and O–H groups in total. The maximum Gasteiger partial charge on any atom is 0.194 e. The van der Waals surface area contributed by atoms with Crippen molar-refractivity contribution in [2.75, 3.05) is 12.4 Å². The van der Waals surface area contributed by atoms with E-state index in [1.807, 2.05) is 61.5 Å². The molecule has 0 aliphatic carbocycles. The molecule has 0 aromatic heterocycles. The summed E-state index contributed by atoms with van der Waals surface area (Å²) in [6, 6.07) is 20.4. The normalized spacial score (nSPS) is 10.4. The minimum Gasteiger partial charge on any atom is -0.497 e. The summed E-state index contributed by atoms with van der Waals surface area (Å²) < 4.78 is 5.22. The maximum absolute atomic E-state index is 12.7. The Balaban J connectivity index is 1.86. The molecule has 0 spiro atoms. The Bertz CT molecular complexity index is 921. The van der Waals surface area contributed by atoms with Crippen LogP contribution in [0.1, 0.15) is 21.5 Å². The molecule has 0 saturated carbocycles. The molecule has 0 amide bonds. The van der Waals surface area contributed by atoms with Gasteiger partial charge in [-0.25, -0.2) is 0 Å². The van der Waals surface area contributed by atoms with Gasteiger partial charge in [0.2, 0.25) is 0 Å². The standard InChI is InChI=1S/C21H18ClNO2/c1-14-6-3-4-9-18(14)21(24)19-11-10-16(13-20(19)22)23-15-7-5-8-17(12-15)25-2/h3-13,23H,1-2H3. The highest BCUT2D eigenvalue weighted by molar-refractivity contribution is 6.35. The van der Waals surface area contributed by atoms with E-state index in [1.165, 1.54) is 0 Å². The lowest BCUT2D eigenvalue weighted by Gasteiger charge is -2.11. The second-order valence-corrected chi connectivity index (χ2v) is 6.10. The van der Waals surface area contributed by atoms with Crippen molar-refractivity contribution in [3.05, 3.63) is 88.4 Å². The van der Waals surface area contributed by atoms with Gasteiger partial charge in [-0.3, -0.25) is 4.79 Å². The summed E-state index contributed by atoms with van der Waals surface area (Å²) in [5.41, 5.74) is 3.78. The molecule has 0 radical (unpaired) electrons. The number of halogens is 1. The van der Waals surface area contributed by atoms with Crippen LogP contribution in [0.4, 0.5) is 11.4 Å². The number of benzene rings is 3. The molecule has 3 nitrogen and oxygen atoms in total. The summed E-state index contributed by atoms with van der Waals surface area (Å²) >= 11 is 6.37. The maximum atomic E-state index is 12.7. The second kappa shape index (κ2) is 7.41. The van der Waals surface area contributed by atoms with Crippen LogP contribution in [0.15, 0.2) is 66.7 Å². The van der Waals surface area contributed by atoms with Gasteiger partial charge >= 0.3 is 0 Å². The van der Waals surface area contributed by atoms with E-state index in [2.05, 4.69) is 5.32 Å². The Morgan fingerprint density at radius 1 is 0.920 bits per heavy atom. The predicted molar refractivity (Wildman–Crippen MR) is 102 cm³/mol. The van der Waals surface area contributed by atoms with Crippen molar-refractivity contribution in [1.29, 1.82) is 0 Å². The van der Waals surface area contributed by atoms with Gasteiger partial charge in [0, 0.05) is 28.6 Å². The fourth-order valence-electron chi connectivity index (χ4n) is 2.62. The zero-order chi connectivity index (χ0) is 17.8. The van der Waals surface area contributed by atoms with Gasteiger partial charge in [0.1, 0.15) is 5.75 Å². The average molecular weight is 352 g/mol. The largest absolute Gasteiger partial charge is 0.497 e. The Labute approximate surface area is 152 Å². The molecule has 0 heterocycles. The van der Waals surface area contributed by atoms with E-state index < -0.39 is 0 Å². The van der Waals surface area contributed by atoms with E-state index in [-0.39, 0.29) is 5.78 Å². The average Bonchev–Trinajstić information content (AvgIpc) is 2.62. The van der Waals surface area contributed by atoms with Gasteiger partial charge in [0.15, 0.2) is 5.78 Å². The third kappa shape index (κ3) is 3.83. The first-order valence-corrected chi connectivity index (χ1v) is 8.27. The van der Waals surface area contributed by atoms with E-state index in [4.69, 9.17) is 16.3 Å². The first-order valence-electron chi connectivity index (χ1n) is 7.89. The van der Waals surface area contributed by atoms with Crippen LogP contribution in [0.5, 0.6) is 5.75 Å². The van der Waals surface area contributed by atoms with E-state index in [0.717, 1.165) is 22.7 Å². The highest BCUT2D eigenvalue weighted by Crippen LogP contribution is 2.27. The van der Waals surface area contributed by atoms with Gasteiger partial charge in [0.05, 0.1) is 12.1 Å². The molecule has 4 heteroatoms. The monoisotopic (exact) mass is 351 g/mol. The van der Waals surface area contributed by atoms with Crippen LogP contribution in [-0.2, 0) is 0 Å². The summed E-state index contributed by atoms with van der Waals surface area (Å²) in [6.45, 7) is 1.92. The summed E-state index contributed by atoms with van der Waals surface area (Å²) in [6.07, 6.45) is 0. The SMILES string of the molecule is COc1cccc(Nc2ccc(C(=O)c3ccccc3C)c(Cl)c2)c1. The van der Waals surface area contributed by atoms with Crippen LogP contribution in [-0.4, -0.2) is 12.9 Å². The van der Waals surface area contributed by atoms with E-state index in [9.17, 15) is 4.79 Å². The zero-order valence-corrected chi connectivity index (χ0v) is 14.8. The fraction of sp³-hybridized carbons (Fsp3) is 0.0952. The van der Waals surface area contributed by atoms with Gasteiger partial charge in [-0.1, -0.05) is 41.9 Å². The molecular weight excluding hydrogens is 334 g/mol. The molecule has 3 aromatic carbocycles. The van der Waals surface area contributed by atoms with Crippen molar-refractivity contribution in [2.24, 2.45) is 0 Å². The molecule has 0 aliphatic heterocycles. The van der Waals surface area contributed by atoms with E-state index in [0.29, 0.717) is 16.1 Å². The van der Waals surface area contributed by atoms with Crippen molar-refractivity contribution >= 4 is 28.8 Å². The minimum absolute atomic E-state index is 0.0731. The van der Waals surface area contributed by atoms with Crippen LogP contribution >= 0.6 is 11.6 Å². The number of methoxy groups -OCH3 is 1. The topological polar surface area (TPSA) is 38.3 Å². The minimum atomic E-state index is -0.0731. The van der Waals surface area contributed by atoms with Crippen LogP contribution in [0, 0.1) is 6.92 Å². The van der Waals surface area contributed by atoms with Gasteiger partial charge in [-0.15, -0.1) is 0 Å². The quantitative estimate of drug-likeness (QED) is 0.605. The number of ether oxygens (including phenoxy) is 1. The van der Waals surface area contributed by atoms with Crippen LogP contribution in [0.25, 0.3) is 0 Å². The highest BCUT2D eigenvalue weighted by Gasteiger charge is 2.15. The molecule has 0 saturated heterocycles. The van der Waals surface area contributed by atoms with E-state index in [1.54, 1.807) is 19.2 Å². The molecule has 3 aromatic rings. The first kappa shape index (κ1) is 17.1. The summed E-state index contributed by atoms with van der Waals surface area (Å²) in [5, 5.41) is 3.68. The molecule has 0 aliphatic rings. The van der Waals surface area contributed by atoms with Crippen molar-refractivity contribution in [1.82, 2.24) is 0 Å². The van der Waals surface area contributed by atoms with Crippen molar-refractivity contribution in [3.8, 4) is 5.75 Å². The molecular formula is C21H18ClNO2. The number of nitrogens with one attached hydrogen (secondary N) is 1. The summed E-state index contributed by atoms with van der Waals surface area (Å²) in [7, 11) is 1.63. The molecule has 0 atom stereocenters. The first-order chi connectivity index (χ1) is 12.1. The number of hydrogen-bond acceptors (Lipinski definition) is 3. The summed E-state index contributed by atoms with van der Waals surface area (Å²) in [4.78, 5) is 12.7. The Morgan fingerprint density at radius 3 is 2.40 bits per heavy atom. The van der Waals surface area contributed by atoms with Gasteiger partial charge in [-0.2, -0.15) is 0 Å². The number of aryl methyl sites for hydroxylation is 1. The molecule has 126 valence electrons. The van der Waals surface area contributed by atoms with Gasteiger partial charge in [-0.05, 0) is 42.8 Å². The number of rotatable bonds is 5. The van der Waals surface area contributed by atoms with Crippen molar-refractivity contribution in [3.63, 3.8) is 0 Å². The van der Waals surface area contributed by atoms with Crippen LogP contribution in [0.3, 0.4) is 0 Å².